The van der Waals surface area contributed by atoms with Crippen molar-refractivity contribution >= 4 is 11.6 Å². The van der Waals surface area contributed by atoms with Gasteiger partial charge in [-0.3, -0.25) is 4.79 Å². The predicted molar refractivity (Wildman–Crippen MR) is 75.0 cm³/mol. The van der Waals surface area contributed by atoms with Crippen molar-refractivity contribution in [1.82, 2.24) is 4.90 Å². The van der Waals surface area contributed by atoms with Crippen LogP contribution in [0.25, 0.3) is 0 Å². The lowest BCUT2D eigenvalue weighted by molar-refractivity contribution is 0.0475. The van der Waals surface area contributed by atoms with E-state index in [4.69, 9.17) is 15.2 Å². The summed E-state index contributed by atoms with van der Waals surface area (Å²) in [6, 6.07) is 1.36. The van der Waals surface area contributed by atoms with Crippen molar-refractivity contribution in [2.45, 2.75) is 13.0 Å². The largest absolute Gasteiger partial charge is 0.396 e. The van der Waals surface area contributed by atoms with Gasteiger partial charge in [0.25, 0.3) is 5.91 Å². The van der Waals surface area contributed by atoms with Gasteiger partial charge in [0.15, 0.2) is 5.82 Å². The summed E-state index contributed by atoms with van der Waals surface area (Å²) in [4.78, 5) is 13.8. The molecular formula is C14H20F2N2O3. The number of ether oxygens (including phenoxy) is 2. The number of hydrogen-bond acceptors (Lipinski definition) is 4. The summed E-state index contributed by atoms with van der Waals surface area (Å²) in [5, 5.41) is 0. The third-order valence-electron chi connectivity index (χ3n) is 3.03. The van der Waals surface area contributed by atoms with Gasteiger partial charge >= 0.3 is 0 Å². The fourth-order valence-electron chi connectivity index (χ4n) is 1.96. The standard InChI is InChI=1S/C14H20F2N2O3/c1-9(8-21-3)18(4-5-20-2)14(19)11-6-10(15)7-12(17)13(11)16/h6-7,9H,4-5,8,17H2,1-3H3. The molecule has 0 fully saturated rings. The van der Waals surface area contributed by atoms with Gasteiger partial charge in [0.2, 0.25) is 0 Å². The molecule has 7 heteroatoms. The molecule has 0 saturated heterocycles. The van der Waals surface area contributed by atoms with E-state index in [1.807, 2.05) is 0 Å². The fraction of sp³-hybridized carbons (Fsp3) is 0.500. The van der Waals surface area contributed by atoms with E-state index in [1.165, 1.54) is 19.1 Å². The lowest BCUT2D eigenvalue weighted by Gasteiger charge is -2.29. The highest BCUT2D eigenvalue weighted by Gasteiger charge is 2.25. The number of rotatable bonds is 7. The molecule has 0 spiro atoms. The second-order valence-electron chi connectivity index (χ2n) is 4.65. The van der Waals surface area contributed by atoms with Crippen LogP contribution < -0.4 is 5.73 Å². The molecule has 1 rings (SSSR count). The molecule has 1 atom stereocenters. The lowest BCUT2D eigenvalue weighted by Crippen LogP contribution is -2.43. The van der Waals surface area contributed by atoms with Gasteiger partial charge in [-0.2, -0.15) is 0 Å². The summed E-state index contributed by atoms with van der Waals surface area (Å²) in [7, 11) is 2.99. The van der Waals surface area contributed by atoms with Crippen LogP contribution in [0.4, 0.5) is 14.5 Å². The number of anilines is 1. The van der Waals surface area contributed by atoms with Crippen LogP contribution in [0.5, 0.6) is 0 Å². The number of hydrogen-bond donors (Lipinski definition) is 1. The molecule has 0 radical (unpaired) electrons. The third kappa shape index (κ3) is 4.37. The number of amides is 1. The van der Waals surface area contributed by atoms with Crippen LogP contribution in [-0.4, -0.2) is 50.8 Å². The van der Waals surface area contributed by atoms with E-state index >= 15 is 0 Å². The Bertz CT molecular complexity index is 497. The van der Waals surface area contributed by atoms with E-state index < -0.39 is 28.8 Å². The van der Waals surface area contributed by atoms with Gasteiger partial charge in [0.1, 0.15) is 5.82 Å². The summed E-state index contributed by atoms with van der Waals surface area (Å²) in [6.07, 6.45) is 0. The molecule has 0 aliphatic carbocycles. The number of nitrogens with two attached hydrogens (primary N) is 1. The average molecular weight is 302 g/mol. The van der Waals surface area contributed by atoms with Crippen molar-refractivity contribution in [1.29, 1.82) is 0 Å². The Balaban J connectivity index is 3.09. The zero-order valence-electron chi connectivity index (χ0n) is 12.4. The lowest BCUT2D eigenvalue weighted by atomic mass is 10.1. The van der Waals surface area contributed by atoms with Crippen LogP contribution in [0.15, 0.2) is 12.1 Å². The second-order valence-corrected chi connectivity index (χ2v) is 4.65. The molecule has 1 aromatic carbocycles. The first kappa shape index (κ1) is 17.3. The van der Waals surface area contributed by atoms with E-state index in [1.54, 1.807) is 6.92 Å². The second kappa shape index (κ2) is 7.90. The molecule has 0 aliphatic heterocycles. The highest BCUT2D eigenvalue weighted by Crippen LogP contribution is 2.20. The van der Waals surface area contributed by atoms with Crippen LogP contribution in [-0.2, 0) is 9.47 Å². The Morgan fingerprint density at radius 3 is 2.57 bits per heavy atom. The first-order valence-corrected chi connectivity index (χ1v) is 6.45. The molecule has 1 amide bonds. The predicted octanol–water partition coefficient (Wildman–Crippen LogP) is 1.67. The van der Waals surface area contributed by atoms with E-state index in [0.717, 1.165) is 12.1 Å². The molecule has 5 nitrogen and oxygen atoms in total. The van der Waals surface area contributed by atoms with Gasteiger partial charge in [-0.15, -0.1) is 0 Å². The highest BCUT2D eigenvalue weighted by atomic mass is 19.1. The molecule has 0 aromatic heterocycles. The van der Waals surface area contributed by atoms with Crippen molar-refractivity contribution in [3.05, 3.63) is 29.3 Å². The molecule has 21 heavy (non-hydrogen) atoms. The SMILES string of the molecule is COCCN(C(=O)c1cc(F)cc(N)c1F)C(C)COC. The van der Waals surface area contributed by atoms with Crippen LogP contribution in [0.2, 0.25) is 0 Å². The van der Waals surface area contributed by atoms with Crippen LogP contribution >= 0.6 is 0 Å². The minimum Gasteiger partial charge on any atom is -0.396 e. The maximum atomic E-state index is 14.0. The van der Waals surface area contributed by atoms with Gasteiger partial charge in [0, 0.05) is 20.8 Å². The zero-order valence-corrected chi connectivity index (χ0v) is 12.4. The summed E-state index contributed by atoms with van der Waals surface area (Å²) in [5.41, 5.74) is 4.56. The molecule has 2 N–H and O–H groups in total. The van der Waals surface area contributed by atoms with E-state index in [-0.39, 0.29) is 25.8 Å². The Hall–Kier alpha value is -1.73. The molecule has 118 valence electrons. The Labute approximate surface area is 122 Å². The van der Waals surface area contributed by atoms with E-state index in [2.05, 4.69) is 0 Å². The molecular weight excluding hydrogens is 282 g/mol. The van der Waals surface area contributed by atoms with Gasteiger partial charge in [0.05, 0.1) is 30.5 Å². The molecule has 1 unspecified atom stereocenters. The number of carbonyl (C=O) groups excluding carboxylic acids is 1. The van der Waals surface area contributed by atoms with Crippen LogP contribution in [0.1, 0.15) is 17.3 Å². The molecule has 0 heterocycles. The summed E-state index contributed by atoms with van der Waals surface area (Å²) >= 11 is 0. The van der Waals surface area contributed by atoms with Gasteiger partial charge in [-0.1, -0.05) is 0 Å². The van der Waals surface area contributed by atoms with Crippen molar-refractivity contribution in [2.75, 3.05) is 39.7 Å². The molecule has 1 aromatic rings. The monoisotopic (exact) mass is 302 g/mol. The minimum atomic E-state index is -0.923. The first-order chi connectivity index (χ1) is 9.92. The highest BCUT2D eigenvalue weighted by molar-refractivity contribution is 5.95. The molecule has 0 aliphatic rings. The average Bonchev–Trinajstić information content (AvgIpc) is 2.43. The quantitative estimate of drug-likeness (QED) is 0.778. The van der Waals surface area contributed by atoms with Gasteiger partial charge in [-0.25, -0.2) is 8.78 Å². The number of nitrogen functional groups attached to an aromatic ring is 1. The number of nitrogens with zero attached hydrogens (tertiary/aromatic N) is 1. The maximum Gasteiger partial charge on any atom is 0.257 e. The summed E-state index contributed by atoms with van der Waals surface area (Å²) in [6.45, 7) is 2.52. The zero-order chi connectivity index (χ0) is 16.0. The maximum absolute atomic E-state index is 14.0. The van der Waals surface area contributed by atoms with Gasteiger partial charge in [-0.05, 0) is 19.1 Å². The van der Waals surface area contributed by atoms with Crippen molar-refractivity contribution in [2.24, 2.45) is 0 Å². The normalized spacial score (nSPS) is 12.2. The molecule has 0 saturated carbocycles. The molecule has 0 bridgehead atoms. The van der Waals surface area contributed by atoms with Gasteiger partial charge < -0.3 is 20.1 Å². The topological polar surface area (TPSA) is 64.8 Å². The van der Waals surface area contributed by atoms with Crippen molar-refractivity contribution < 1.29 is 23.0 Å². The third-order valence-corrected chi connectivity index (χ3v) is 3.03. The Kier molecular flexibility index (Phi) is 6.51. The van der Waals surface area contributed by atoms with Crippen molar-refractivity contribution in [3.63, 3.8) is 0 Å². The Morgan fingerprint density at radius 2 is 2.00 bits per heavy atom. The number of benzene rings is 1. The summed E-state index contributed by atoms with van der Waals surface area (Å²) < 4.78 is 37.3. The number of methoxy groups -OCH3 is 2. The van der Waals surface area contributed by atoms with Crippen LogP contribution in [0.3, 0.4) is 0 Å². The number of carbonyl (C=O) groups is 1. The smallest absolute Gasteiger partial charge is 0.257 e. The Morgan fingerprint density at radius 1 is 1.33 bits per heavy atom. The van der Waals surface area contributed by atoms with Crippen LogP contribution in [0, 0.1) is 11.6 Å². The summed E-state index contributed by atoms with van der Waals surface area (Å²) in [5.74, 6) is -2.34. The van der Waals surface area contributed by atoms with Crippen molar-refractivity contribution in [3.8, 4) is 0 Å². The first-order valence-electron chi connectivity index (χ1n) is 6.45. The van der Waals surface area contributed by atoms with E-state index in [0.29, 0.717) is 0 Å². The number of halogens is 2. The minimum absolute atomic E-state index is 0.232. The van der Waals surface area contributed by atoms with E-state index in [9.17, 15) is 13.6 Å². The fourth-order valence-corrected chi connectivity index (χ4v) is 1.96.